The van der Waals surface area contributed by atoms with Crippen LogP contribution < -0.4 is 9.47 Å². The normalized spacial score (nSPS) is 18.4. The summed E-state index contributed by atoms with van der Waals surface area (Å²) in [5, 5.41) is 0. The third kappa shape index (κ3) is 3.27. The number of ether oxygens (including phenoxy) is 2. The number of hydrogen-bond acceptors (Lipinski definition) is 3. The van der Waals surface area contributed by atoms with E-state index in [1.807, 2.05) is 24.3 Å². The van der Waals surface area contributed by atoms with Gasteiger partial charge in [-0.25, -0.2) is 0 Å². The van der Waals surface area contributed by atoms with Gasteiger partial charge in [-0.2, -0.15) is 0 Å². The molecule has 0 unspecified atom stereocenters. The highest BCUT2D eigenvalue weighted by Gasteiger charge is 2.22. The molecular weight excluding hydrogens is 238 g/mol. The summed E-state index contributed by atoms with van der Waals surface area (Å²) in [6.45, 7) is 5.46. The quantitative estimate of drug-likeness (QED) is 0.754. The summed E-state index contributed by atoms with van der Waals surface area (Å²) in [6, 6.07) is 7.79. The molecule has 1 heterocycles. The van der Waals surface area contributed by atoms with Gasteiger partial charge in [0, 0.05) is 19.0 Å². The number of para-hydroxylation sites is 2. The molecule has 0 spiro atoms. The molecule has 1 aliphatic heterocycles. The number of alkyl halides is 1. The number of hydrogen-bond donors (Lipinski definition) is 0. The maximum absolute atomic E-state index is 5.90. The molecule has 17 heavy (non-hydrogen) atoms. The van der Waals surface area contributed by atoms with Crippen molar-refractivity contribution in [3.63, 3.8) is 0 Å². The van der Waals surface area contributed by atoms with Crippen molar-refractivity contribution in [2.24, 2.45) is 0 Å². The van der Waals surface area contributed by atoms with Gasteiger partial charge in [0.05, 0.1) is 0 Å². The van der Waals surface area contributed by atoms with Gasteiger partial charge in [-0.05, 0) is 18.7 Å². The average molecular weight is 256 g/mol. The van der Waals surface area contributed by atoms with Gasteiger partial charge < -0.3 is 9.47 Å². The van der Waals surface area contributed by atoms with Crippen LogP contribution in [0.2, 0.25) is 0 Å². The summed E-state index contributed by atoms with van der Waals surface area (Å²) in [5.74, 6) is 2.33. The Morgan fingerprint density at radius 3 is 2.82 bits per heavy atom. The van der Waals surface area contributed by atoms with E-state index in [9.17, 15) is 0 Å². The second-order valence-corrected chi connectivity index (χ2v) is 4.46. The first-order valence-corrected chi connectivity index (χ1v) is 6.53. The zero-order valence-electron chi connectivity index (χ0n) is 10.1. The van der Waals surface area contributed by atoms with Gasteiger partial charge in [0.25, 0.3) is 0 Å². The lowest BCUT2D eigenvalue weighted by atomic mass is 10.2. The summed E-state index contributed by atoms with van der Waals surface area (Å²) >= 11 is 5.76. The van der Waals surface area contributed by atoms with E-state index in [1.54, 1.807) is 0 Å². The van der Waals surface area contributed by atoms with Crippen LogP contribution in [0.15, 0.2) is 24.3 Å². The molecule has 0 aromatic heterocycles. The van der Waals surface area contributed by atoms with E-state index in [4.69, 9.17) is 21.1 Å². The number of nitrogens with zero attached hydrogens (tertiary/aromatic N) is 1. The van der Waals surface area contributed by atoms with Crippen molar-refractivity contribution in [2.45, 2.75) is 13.0 Å². The zero-order chi connectivity index (χ0) is 12.1. The molecule has 1 aromatic rings. The molecule has 0 N–H and O–H groups in total. The Bertz CT molecular complexity index is 359. The lowest BCUT2D eigenvalue weighted by molar-refractivity contribution is 0.0617. The lowest BCUT2D eigenvalue weighted by Gasteiger charge is -2.30. The van der Waals surface area contributed by atoms with Crippen molar-refractivity contribution < 1.29 is 9.47 Å². The van der Waals surface area contributed by atoms with Gasteiger partial charge in [-0.1, -0.05) is 19.1 Å². The number of likely N-dealkylation sites (N-methyl/N-ethyl adjacent to an activating group) is 1. The molecule has 0 aliphatic carbocycles. The van der Waals surface area contributed by atoms with Crippen molar-refractivity contribution in [1.82, 2.24) is 4.90 Å². The average Bonchev–Trinajstić information content (AvgIpc) is 2.38. The lowest BCUT2D eigenvalue weighted by Crippen LogP contribution is -2.41. The van der Waals surface area contributed by atoms with Crippen LogP contribution in [-0.4, -0.2) is 43.1 Å². The first-order valence-electron chi connectivity index (χ1n) is 6.00. The number of benzene rings is 1. The van der Waals surface area contributed by atoms with Gasteiger partial charge in [0.1, 0.15) is 12.7 Å². The molecule has 94 valence electrons. The smallest absolute Gasteiger partial charge is 0.161 e. The fraction of sp³-hybridized carbons (Fsp3) is 0.538. The Morgan fingerprint density at radius 2 is 2.12 bits per heavy atom. The maximum Gasteiger partial charge on any atom is 0.161 e. The number of fused-ring (bicyclic) bond motifs is 1. The third-order valence-electron chi connectivity index (χ3n) is 2.88. The van der Waals surface area contributed by atoms with Crippen LogP contribution in [0.3, 0.4) is 0 Å². The molecule has 3 nitrogen and oxygen atoms in total. The van der Waals surface area contributed by atoms with E-state index < -0.39 is 0 Å². The van der Waals surface area contributed by atoms with E-state index >= 15 is 0 Å². The molecule has 1 aliphatic rings. The van der Waals surface area contributed by atoms with E-state index in [-0.39, 0.29) is 6.10 Å². The van der Waals surface area contributed by atoms with E-state index in [2.05, 4.69) is 11.8 Å². The summed E-state index contributed by atoms with van der Waals surface area (Å²) in [5.41, 5.74) is 0. The summed E-state index contributed by atoms with van der Waals surface area (Å²) in [7, 11) is 0. The molecule has 2 rings (SSSR count). The predicted octanol–water partition coefficient (Wildman–Crippen LogP) is 2.39. The molecular formula is C13H18ClNO2. The molecule has 1 atom stereocenters. The largest absolute Gasteiger partial charge is 0.486 e. The second kappa shape index (κ2) is 6.12. The van der Waals surface area contributed by atoms with Crippen LogP contribution in [0.5, 0.6) is 11.5 Å². The molecule has 0 saturated heterocycles. The van der Waals surface area contributed by atoms with Crippen molar-refractivity contribution in [1.29, 1.82) is 0 Å². The van der Waals surface area contributed by atoms with Crippen LogP contribution in [0.25, 0.3) is 0 Å². The summed E-state index contributed by atoms with van der Waals surface area (Å²) < 4.78 is 11.6. The Labute approximate surface area is 107 Å². The van der Waals surface area contributed by atoms with Gasteiger partial charge in [-0.15, -0.1) is 11.6 Å². The van der Waals surface area contributed by atoms with E-state index in [0.717, 1.165) is 31.1 Å². The van der Waals surface area contributed by atoms with Crippen LogP contribution >= 0.6 is 11.6 Å². The summed E-state index contributed by atoms with van der Waals surface area (Å²) in [4.78, 5) is 2.27. The monoisotopic (exact) mass is 255 g/mol. The zero-order valence-corrected chi connectivity index (χ0v) is 10.8. The fourth-order valence-electron chi connectivity index (χ4n) is 1.94. The van der Waals surface area contributed by atoms with Crippen LogP contribution in [0.4, 0.5) is 0 Å². The summed E-state index contributed by atoms with van der Waals surface area (Å²) in [6.07, 6.45) is 0.0908. The van der Waals surface area contributed by atoms with E-state index in [0.29, 0.717) is 12.5 Å². The van der Waals surface area contributed by atoms with Gasteiger partial charge >= 0.3 is 0 Å². The highest BCUT2D eigenvalue weighted by molar-refractivity contribution is 6.18. The van der Waals surface area contributed by atoms with Crippen LogP contribution in [-0.2, 0) is 0 Å². The number of halogens is 1. The Morgan fingerprint density at radius 1 is 1.35 bits per heavy atom. The van der Waals surface area contributed by atoms with E-state index in [1.165, 1.54) is 0 Å². The van der Waals surface area contributed by atoms with Gasteiger partial charge in [-0.3, -0.25) is 4.90 Å². The minimum Gasteiger partial charge on any atom is -0.486 e. The molecule has 1 aromatic carbocycles. The van der Waals surface area contributed by atoms with Crippen LogP contribution in [0.1, 0.15) is 6.92 Å². The minimum atomic E-state index is 0.0908. The first-order chi connectivity index (χ1) is 8.33. The highest BCUT2D eigenvalue weighted by atomic mass is 35.5. The SMILES string of the molecule is CCN(CCCl)C[C@H]1COc2ccccc2O1. The predicted molar refractivity (Wildman–Crippen MR) is 69.2 cm³/mol. The van der Waals surface area contributed by atoms with Crippen molar-refractivity contribution in [3.05, 3.63) is 24.3 Å². The second-order valence-electron chi connectivity index (χ2n) is 4.08. The van der Waals surface area contributed by atoms with Crippen molar-refractivity contribution >= 4 is 11.6 Å². The Hall–Kier alpha value is -0.930. The van der Waals surface area contributed by atoms with Crippen molar-refractivity contribution in [2.75, 3.05) is 32.1 Å². The molecule has 0 saturated carbocycles. The van der Waals surface area contributed by atoms with Crippen molar-refractivity contribution in [3.8, 4) is 11.5 Å². The molecule has 0 radical (unpaired) electrons. The maximum atomic E-state index is 5.90. The first kappa shape index (κ1) is 12.5. The molecule has 0 fully saturated rings. The third-order valence-corrected chi connectivity index (χ3v) is 3.05. The highest BCUT2D eigenvalue weighted by Crippen LogP contribution is 2.30. The molecule has 4 heteroatoms. The molecule has 0 amide bonds. The topological polar surface area (TPSA) is 21.7 Å². The molecule has 0 bridgehead atoms. The van der Waals surface area contributed by atoms with Gasteiger partial charge in [0.15, 0.2) is 11.5 Å². The Balaban J connectivity index is 1.93. The fourth-order valence-corrected chi connectivity index (χ4v) is 2.18. The van der Waals surface area contributed by atoms with Gasteiger partial charge in [0.2, 0.25) is 0 Å². The van der Waals surface area contributed by atoms with Crippen LogP contribution in [0, 0.1) is 0 Å². The standard InChI is InChI=1S/C13H18ClNO2/c1-2-15(8-7-14)9-11-10-16-12-5-3-4-6-13(12)17-11/h3-6,11H,2,7-10H2,1H3/t11-/m0/s1. The number of rotatable bonds is 5. The minimum absolute atomic E-state index is 0.0908. The Kier molecular flexibility index (Phi) is 4.51.